The average Bonchev–Trinajstić information content (AvgIpc) is 3.38. The lowest BCUT2D eigenvalue weighted by Crippen LogP contribution is -2.25. The summed E-state index contributed by atoms with van der Waals surface area (Å²) < 4.78 is 1.46. The summed E-state index contributed by atoms with van der Waals surface area (Å²) in [5.74, 6) is 0. The minimum absolute atomic E-state index is 0.154. The molecule has 8 aromatic rings. The van der Waals surface area contributed by atoms with E-state index >= 15 is 0 Å². The Labute approximate surface area is 244 Å². The smallest absolute Gasteiger partial charge is 0.266 e. The van der Waals surface area contributed by atoms with E-state index in [2.05, 4.69) is 97.0 Å². The Morgan fingerprint density at radius 3 is 1.31 bits per heavy atom. The van der Waals surface area contributed by atoms with Crippen LogP contribution in [0.4, 0.5) is 0 Å². The maximum atomic E-state index is 14.7. The number of rotatable bonds is 1. The molecule has 1 heterocycles. The third-order valence-corrected chi connectivity index (χ3v) is 9.73. The molecule has 1 aromatic heterocycles. The van der Waals surface area contributed by atoms with Gasteiger partial charge in [-0.25, -0.2) is 4.57 Å². The molecule has 0 atom stereocenters. The van der Waals surface area contributed by atoms with Crippen molar-refractivity contribution in [3.05, 3.63) is 97.1 Å². The normalized spacial score (nSPS) is 13.5. The first kappa shape index (κ1) is 25.5. The summed E-state index contributed by atoms with van der Waals surface area (Å²) in [6, 6.07) is 17.6. The van der Waals surface area contributed by atoms with Crippen molar-refractivity contribution in [3.8, 4) is 5.69 Å². The van der Waals surface area contributed by atoms with Crippen LogP contribution in [0.1, 0.15) is 69.4 Å². The van der Waals surface area contributed by atoms with E-state index in [1.54, 1.807) is 0 Å². The van der Waals surface area contributed by atoms with E-state index in [0.717, 1.165) is 38.2 Å². The van der Waals surface area contributed by atoms with E-state index in [0.29, 0.717) is 16.5 Å². The van der Waals surface area contributed by atoms with Crippen molar-refractivity contribution < 1.29 is 0 Å². The fourth-order valence-corrected chi connectivity index (χ4v) is 8.16. The highest BCUT2D eigenvalue weighted by molar-refractivity contribution is 6.48. The molecule has 0 aliphatic rings. The minimum atomic E-state index is -0.216. The van der Waals surface area contributed by atoms with Gasteiger partial charge in [0.05, 0.1) is 16.5 Å². The van der Waals surface area contributed by atoms with Crippen LogP contribution in [0.3, 0.4) is 0 Å². The second-order valence-corrected chi connectivity index (χ2v) is 14.7. The van der Waals surface area contributed by atoms with Gasteiger partial charge in [0.25, 0.3) is 11.1 Å². The second-order valence-electron chi connectivity index (χ2n) is 14.7. The molecule has 208 valence electrons. The third kappa shape index (κ3) is 2.91. The van der Waals surface area contributed by atoms with Gasteiger partial charge in [-0.15, -0.1) is 0 Å². The monoisotopic (exact) mass is 549 g/mol. The lowest BCUT2D eigenvalue weighted by atomic mass is 9.80. The Hall–Kier alpha value is -4.24. The van der Waals surface area contributed by atoms with Crippen molar-refractivity contribution >= 4 is 64.6 Å². The van der Waals surface area contributed by atoms with Crippen LogP contribution < -0.4 is 11.1 Å². The molecule has 0 spiro atoms. The molecule has 42 heavy (non-hydrogen) atoms. The van der Waals surface area contributed by atoms with Gasteiger partial charge in [0.15, 0.2) is 0 Å². The van der Waals surface area contributed by atoms with Crippen LogP contribution >= 0.6 is 0 Å². The van der Waals surface area contributed by atoms with Crippen molar-refractivity contribution in [1.82, 2.24) is 4.57 Å². The van der Waals surface area contributed by atoms with Gasteiger partial charge in [-0.1, -0.05) is 83.5 Å². The molecule has 0 fully saturated rings. The van der Waals surface area contributed by atoms with Gasteiger partial charge in [0, 0.05) is 0 Å². The molecule has 3 nitrogen and oxygen atoms in total. The van der Waals surface area contributed by atoms with Crippen molar-refractivity contribution in [2.75, 3.05) is 0 Å². The van der Waals surface area contributed by atoms with Gasteiger partial charge in [-0.3, -0.25) is 9.59 Å². The second kappa shape index (κ2) is 7.58. The van der Waals surface area contributed by atoms with Crippen LogP contribution in [-0.4, -0.2) is 4.57 Å². The van der Waals surface area contributed by atoms with Crippen LogP contribution in [0, 0.1) is 20.8 Å². The average molecular weight is 550 g/mol. The summed E-state index contributed by atoms with van der Waals surface area (Å²) in [6.45, 7) is 19.5. The summed E-state index contributed by atoms with van der Waals surface area (Å²) in [7, 11) is 0. The lowest BCUT2D eigenvalue weighted by molar-refractivity contribution is 0.596. The zero-order valence-corrected chi connectivity index (χ0v) is 25.9. The van der Waals surface area contributed by atoms with Gasteiger partial charge in [0.2, 0.25) is 0 Å². The first-order valence-electron chi connectivity index (χ1n) is 15.0. The SMILES string of the molecule is Cc1cc(C)c(-n2c(=O)c3c4cc(C(C)(C)C)c5ccc6ccc7c(C(C)(C)C)cc(c3c2=O)c2c7c6c5c42)c(C)c1. The molecule has 0 radical (unpaired) electrons. The maximum Gasteiger partial charge on any atom is 0.266 e. The number of aryl methyl sites for hydroxylation is 3. The zero-order valence-electron chi connectivity index (χ0n) is 25.9. The number of hydrogen-bond donors (Lipinski definition) is 0. The van der Waals surface area contributed by atoms with E-state index in [4.69, 9.17) is 0 Å². The molecule has 0 aliphatic carbocycles. The van der Waals surface area contributed by atoms with E-state index in [-0.39, 0.29) is 21.9 Å². The standard InChI is InChI=1S/C39H35NO2/c1-18-14-19(2)35(20(3)15-18)40-36(41)33-24-16-26(38(4,5)6)22-12-10-21-11-13-23-27(39(7,8)9)17-25(34(33)37(40)42)32-30(23)28(21)29(22)31(24)32/h10-17H,1-9H3. The summed E-state index contributed by atoms with van der Waals surface area (Å²) in [5, 5.41) is 12.6. The van der Waals surface area contributed by atoms with Crippen molar-refractivity contribution in [3.63, 3.8) is 0 Å². The van der Waals surface area contributed by atoms with Crippen molar-refractivity contribution in [2.24, 2.45) is 0 Å². The van der Waals surface area contributed by atoms with Crippen LogP contribution in [-0.2, 0) is 10.8 Å². The van der Waals surface area contributed by atoms with Crippen molar-refractivity contribution in [2.45, 2.75) is 73.1 Å². The van der Waals surface area contributed by atoms with Crippen LogP contribution in [0.15, 0.2) is 58.1 Å². The Balaban J connectivity index is 1.76. The quantitative estimate of drug-likeness (QED) is 0.191. The van der Waals surface area contributed by atoms with Gasteiger partial charge in [-0.05, 0) is 120 Å². The van der Waals surface area contributed by atoms with E-state index in [9.17, 15) is 9.59 Å². The fourth-order valence-electron chi connectivity index (χ4n) is 8.16. The molecular formula is C39H35NO2. The van der Waals surface area contributed by atoms with Crippen LogP contribution in [0.25, 0.3) is 70.3 Å². The Morgan fingerprint density at radius 1 is 0.500 bits per heavy atom. The number of fused-ring (bicyclic) bond motifs is 3. The van der Waals surface area contributed by atoms with Crippen LogP contribution in [0.2, 0.25) is 0 Å². The third-order valence-electron chi connectivity index (χ3n) is 9.73. The highest BCUT2D eigenvalue weighted by Gasteiger charge is 2.32. The minimum Gasteiger partial charge on any atom is -0.268 e. The molecule has 0 unspecified atom stereocenters. The topological polar surface area (TPSA) is 39.1 Å². The molecule has 3 heteroatoms. The summed E-state index contributed by atoms with van der Waals surface area (Å²) in [5.41, 5.74) is 5.37. The summed E-state index contributed by atoms with van der Waals surface area (Å²) in [6.07, 6.45) is 0. The molecule has 0 bridgehead atoms. The van der Waals surface area contributed by atoms with E-state index < -0.39 is 0 Å². The van der Waals surface area contributed by atoms with Crippen LogP contribution in [0.5, 0.6) is 0 Å². The molecule has 7 aromatic carbocycles. The lowest BCUT2D eigenvalue weighted by Gasteiger charge is -2.23. The summed E-state index contributed by atoms with van der Waals surface area (Å²) in [4.78, 5) is 29.4. The summed E-state index contributed by atoms with van der Waals surface area (Å²) >= 11 is 0. The molecule has 0 saturated carbocycles. The van der Waals surface area contributed by atoms with Gasteiger partial charge >= 0.3 is 0 Å². The number of nitrogens with zero attached hydrogens (tertiary/aromatic N) is 1. The Kier molecular flexibility index (Phi) is 4.60. The highest BCUT2D eigenvalue weighted by Crippen LogP contribution is 2.53. The number of hydrogen-bond acceptors (Lipinski definition) is 2. The molecule has 8 rings (SSSR count). The molecular weight excluding hydrogens is 514 g/mol. The fraction of sp³-hybridized carbons (Fsp3) is 0.282. The first-order chi connectivity index (χ1) is 19.7. The predicted octanol–water partition coefficient (Wildman–Crippen LogP) is 9.39. The Morgan fingerprint density at radius 2 is 0.905 bits per heavy atom. The van der Waals surface area contributed by atoms with E-state index in [1.807, 2.05) is 13.8 Å². The molecule has 0 amide bonds. The number of aromatic nitrogens is 1. The molecule has 0 saturated heterocycles. The predicted molar refractivity (Wildman–Crippen MR) is 180 cm³/mol. The highest BCUT2D eigenvalue weighted by atomic mass is 16.2. The van der Waals surface area contributed by atoms with Gasteiger partial charge in [0.1, 0.15) is 0 Å². The Bertz CT molecular complexity index is 2370. The molecule has 0 aliphatic heterocycles. The van der Waals surface area contributed by atoms with Crippen molar-refractivity contribution in [1.29, 1.82) is 0 Å². The zero-order chi connectivity index (χ0) is 29.8. The van der Waals surface area contributed by atoms with Gasteiger partial charge < -0.3 is 0 Å². The van der Waals surface area contributed by atoms with E-state index in [1.165, 1.54) is 48.0 Å². The van der Waals surface area contributed by atoms with Gasteiger partial charge in [-0.2, -0.15) is 0 Å². The maximum absolute atomic E-state index is 14.7. The largest absolute Gasteiger partial charge is 0.268 e. The first-order valence-corrected chi connectivity index (χ1v) is 15.0. The molecule has 0 N–H and O–H groups in total. The number of benzene rings is 6.